The van der Waals surface area contributed by atoms with Crippen molar-refractivity contribution in [1.82, 2.24) is 0 Å². The maximum atomic E-state index is 11.0. The van der Waals surface area contributed by atoms with Gasteiger partial charge in [-0.05, 0) is 13.8 Å². The summed E-state index contributed by atoms with van der Waals surface area (Å²) in [7, 11) is 0. The fourth-order valence-electron chi connectivity index (χ4n) is 0.573. The summed E-state index contributed by atoms with van der Waals surface area (Å²) in [5, 5.41) is -0.960. The Hall–Kier alpha value is -1.03. The van der Waals surface area contributed by atoms with Crippen molar-refractivity contribution >= 4 is 23.5 Å². The SMILES string of the molecule is C=C(C)C(=O)OCC(Cl)C(=O)OCC. The molecule has 0 rings (SSSR count). The van der Waals surface area contributed by atoms with Gasteiger partial charge in [0, 0.05) is 5.57 Å². The monoisotopic (exact) mass is 220 g/mol. The van der Waals surface area contributed by atoms with E-state index in [0.717, 1.165) is 0 Å². The molecule has 0 N–H and O–H groups in total. The van der Waals surface area contributed by atoms with E-state index >= 15 is 0 Å². The average Bonchev–Trinajstić information content (AvgIpc) is 2.13. The van der Waals surface area contributed by atoms with E-state index in [-0.39, 0.29) is 18.8 Å². The lowest BCUT2D eigenvalue weighted by atomic mass is 10.3. The quantitative estimate of drug-likeness (QED) is 0.398. The second-order valence-corrected chi connectivity index (χ2v) is 3.13. The van der Waals surface area contributed by atoms with E-state index in [0.29, 0.717) is 0 Å². The highest BCUT2D eigenvalue weighted by Gasteiger charge is 2.18. The maximum Gasteiger partial charge on any atom is 0.333 e. The largest absolute Gasteiger partial charge is 0.465 e. The minimum atomic E-state index is -0.960. The molecule has 0 bridgehead atoms. The van der Waals surface area contributed by atoms with Gasteiger partial charge in [-0.2, -0.15) is 0 Å². The van der Waals surface area contributed by atoms with Gasteiger partial charge in [0.05, 0.1) is 6.61 Å². The van der Waals surface area contributed by atoms with Crippen LogP contribution >= 0.6 is 11.6 Å². The van der Waals surface area contributed by atoms with E-state index in [2.05, 4.69) is 16.1 Å². The van der Waals surface area contributed by atoms with Crippen LogP contribution in [0.25, 0.3) is 0 Å². The highest BCUT2D eigenvalue weighted by Crippen LogP contribution is 2.02. The lowest BCUT2D eigenvalue weighted by Gasteiger charge is -2.09. The summed E-state index contributed by atoms with van der Waals surface area (Å²) >= 11 is 5.58. The predicted molar refractivity (Wildman–Crippen MR) is 52.0 cm³/mol. The molecule has 0 radical (unpaired) electrons. The smallest absolute Gasteiger partial charge is 0.333 e. The van der Waals surface area contributed by atoms with Crippen molar-refractivity contribution in [3.8, 4) is 0 Å². The van der Waals surface area contributed by atoms with Crippen molar-refractivity contribution < 1.29 is 19.1 Å². The summed E-state index contributed by atoms with van der Waals surface area (Å²) < 4.78 is 9.27. The standard InChI is InChI=1S/C9H13ClO4/c1-4-13-9(12)7(10)5-14-8(11)6(2)3/h7H,2,4-5H2,1,3H3. The molecule has 0 saturated carbocycles. The van der Waals surface area contributed by atoms with Crippen LogP contribution in [-0.4, -0.2) is 30.5 Å². The van der Waals surface area contributed by atoms with E-state index in [1.807, 2.05) is 0 Å². The topological polar surface area (TPSA) is 52.6 Å². The van der Waals surface area contributed by atoms with Crippen molar-refractivity contribution in [3.05, 3.63) is 12.2 Å². The first kappa shape index (κ1) is 13.0. The second kappa shape index (κ2) is 6.43. The number of halogens is 1. The molecule has 0 heterocycles. The number of esters is 2. The Kier molecular flexibility index (Phi) is 5.95. The Morgan fingerprint density at radius 1 is 1.43 bits per heavy atom. The molecule has 0 aliphatic carbocycles. The van der Waals surface area contributed by atoms with Gasteiger partial charge in [-0.25, -0.2) is 4.79 Å². The number of hydrogen-bond donors (Lipinski definition) is 0. The highest BCUT2D eigenvalue weighted by atomic mass is 35.5. The molecule has 14 heavy (non-hydrogen) atoms. The zero-order valence-electron chi connectivity index (χ0n) is 8.21. The van der Waals surface area contributed by atoms with Gasteiger partial charge in [0.1, 0.15) is 6.61 Å². The number of hydrogen-bond acceptors (Lipinski definition) is 4. The molecule has 0 aromatic rings. The van der Waals surface area contributed by atoms with Gasteiger partial charge in [-0.15, -0.1) is 11.6 Å². The van der Waals surface area contributed by atoms with Crippen LogP contribution in [0.4, 0.5) is 0 Å². The van der Waals surface area contributed by atoms with Crippen molar-refractivity contribution in [3.63, 3.8) is 0 Å². The van der Waals surface area contributed by atoms with Crippen LogP contribution in [0, 0.1) is 0 Å². The molecule has 1 unspecified atom stereocenters. The van der Waals surface area contributed by atoms with Gasteiger partial charge in [-0.3, -0.25) is 4.79 Å². The molecular formula is C9H13ClO4. The first-order valence-corrected chi connectivity index (χ1v) is 4.56. The molecule has 0 amide bonds. The first-order chi connectivity index (χ1) is 6.49. The molecule has 0 aromatic carbocycles. The van der Waals surface area contributed by atoms with E-state index in [4.69, 9.17) is 11.6 Å². The van der Waals surface area contributed by atoms with Crippen LogP contribution in [0.5, 0.6) is 0 Å². The Bertz CT molecular complexity index is 237. The lowest BCUT2D eigenvalue weighted by Crippen LogP contribution is -2.24. The van der Waals surface area contributed by atoms with E-state index < -0.39 is 17.3 Å². The number of alkyl halides is 1. The second-order valence-electron chi connectivity index (χ2n) is 2.60. The Morgan fingerprint density at radius 2 is 2.00 bits per heavy atom. The molecule has 5 heteroatoms. The van der Waals surface area contributed by atoms with Crippen molar-refractivity contribution in [2.75, 3.05) is 13.2 Å². The van der Waals surface area contributed by atoms with Gasteiger partial charge in [-0.1, -0.05) is 6.58 Å². The van der Waals surface area contributed by atoms with Gasteiger partial charge in [0.25, 0.3) is 0 Å². The summed E-state index contributed by atoms with van der Waals surface area (Å²) in [4.78, 5) is 21.9. The molecular weight excluding hydrogens is 208 g/mol. The molecule has 0 aliphatic heterocycles. The summed E-state index contributed by atoms with van der Waals surface area (Å²) in [6.07, 6.45) is 0. The van der Waals surface area contributed by atoms with Crippen molar-refractivity contribution in [1.29, 1.82) is 0 Å². The zero-order chi connectivity index (χ0) is 11.1. The van der Waals surface area contributed by atoms with Crippen LogP contribution in [0.1, 0.15) is 13.8 Å². The van der Waals surface area contributed by atoms with Crippen LogP contribution < -0.4 is 0 Å². The molecule has 0 aromatic heterocycles. The van der Waals surface area contributed by atoms with Crippen LogP contribution in [-0.2, 0) is 19.1 Å². The zero-order valence-corrected chi connectivity index (χ0v) is 8.97. The number of carbonyl (C=O) groups excluding carboxylic acids is 2. The predicted octanol–water partition coefficient (Wildman–Crippen LogP) is 1.28. The normalized spacial score (nSPS) is 11.6. The van der Waals surface area contributed by atoms with Crippen LogP contribution in [0.3, 0.4) is 0 Å². The third-order valence-corrected chi connectivity index (χ3v) is 1.56. The minimum Gasteiger partial charge on any atom is -0.465 e. The Labute approximate surface area is 87.8 Å². The fourth-order valence-corrected chi connectivity index (χ4v) is 0.699. The molecule has 0 fully saturated rings. The Balaban J connectivity index is 3.84. The summed E-state index contributed by atoms with van der Waals surface area (Å²) in [6, 6.07) is 0. The molecule has 0 spiro atoms. The number of ether oxygens (including phenoxy) is 2. The first-order valence-electron chi connectivity index (χ1n) is 4.12. The molecule has 0 aliphatic rings. The molecule has 1 atom stereocenters. The third-order valence-electron chi connectivity index (χ3n) is 1.25. The minimum absolute atomic E-state index is 0.202. The van der Waals surface area contributed by atoms with Gasteiger partial charge in [0.2, 0.25) is 0 Å². The van der Waals surface area contributed by atoms with Gasteiger partial charge >= 0.3 is 11.9 Å². The van der Waals surface area contributed by atoms with Crippen molar-refractivity contribution in [2.24, 2.45) is 0 Å². The molecule has 0 saturated heterocycles. The summed E-state index contributed by atoms with van der Waals surface area (Å²) in [6.45, 7) is 6.60. The van der Waals surface area contributed by atoms with Gasteiger partial charge in [0.15, 0.2) is 5.38 Å². The third kappa shape index (κ3) is 4.87. The molecule has 80 valence electrons. The lowest BCUT2D eigenvalue weighted by molar-refractivity contribution is -0.146. The summed E-state index contributed by atoms with van der Waals surface area (Å²) in [5.74, 6) is -1.16. The van der Waals surface area contributed by atoms with Crippen LogP contribution in [0.2, 0.25) is 0 Å². The Morgan fingerprint density at radius 3 is 2.43 bits per heavy atom. The van der Waals surface area contributed by atoms with E-state index in [1.165, 1.54) is 6.92 Å². The molecule has 4 nitrogen and oxygen atoms in total. The van der Waals surface area contributed by atoms with Crippen molar-refractivity contribution in [2.45, 2.75) is 19.2 Å². The maximum absolute atomic E-state index is 11.0. The van der Waals surface area contributed by atoms with E-state index in [1.54, 1.807) is 6.92 Å². The van der Waals surface area contributed by atoms with E-state index in [9.17, 15) is 9.59 Å². The summed E-state index contributed by atoms with van der Waals surface area (Å²) in [5.41, 5.74) is 0.262. The highest BCUT2D eigenvalue weighted by molar-refractivity contribution is 6.30. The van der Waals surface area contributed by atoms with Crippen LogP contribution in [0.15, 0.2) is 12.2 Å². The number of carbonyl (C=O) groups is 2. The average molecular weight is 221 g/mol. The fraction of sp³-hybridized carbons (Fsp3) is 0.556. The van der Waals surface area contributed by atoms with Gasteiger partial charge < -0.3 is 9.47 Å². The number of rotatable bonds is 5.